The minimum Gasteiger partial charge on any atom is -0.444 e. The fourth-order valence-corrected chi connectivity index (χ4v) is 9.35. The second-order valence-corrected chi connectivity index (χ2v) is 18.8. The van der Waals surface area contributed by atoms with Crippen LogP contribution < -0.4 is 15.4 Å². The monoisotopic (exact) mass is 751 g/mol. The van der Waals surface area contributed by atoms with Crippen LogP contribution in [0.3, 0.4) is 0 Å². The van der Waals surface area contributed by atoms with E-state index in [1.165, 1.54) is 11.0 Å². The van der Waals surface area contributed by atoms with E-state index < -0.39 is 85.8 Å². The topological polar surface area (TPSA) is 181 Å². The number of fused-ring (bicyclic) bond motifs is 4. The third-order valence-corrected chi connectivity index (χ3v) is 13.5. The number of rotatable bonds is 6. The van der Waals surface area contributed by atoms with Gasteiger partial charge in [0.25, 0.3) is 5.91 Å². The molecule has 6 aliphatic rings. The normalized spacial score (nSPS) is 33.4. The van der Waals surface area contributed by atoms with Crippen molar-refractivity contribution in [2.24, 2.45) is 17.3 Å². The molecule has 7 atom stereocenters. The van der Waals surface area contributed by atoms with Gasteiger partial charge in [0.1, 0.15) is 29.3 Å². The van der Waals surface area contributed by atoms with Gasteiger partial charge in [0.05, 0.1) is 18.3 Å². The first kappa shape index (κ1) is 36.9. The lowest BCUT2D eigenvalue weighted by Gasteiger charge is -2.35. The average molecular weight is 752 g/mol. The van der Waals surface area contributed by atoms with E-state index in [1.54, 1.807) is 25.7 Å². The van der Waals surface area contributed by atoms with Crippen molar-refractivity contribution in [1.82, 2.24) is 25.2 Å². The van der Waals surface area contributed by atoms with Gasteiger partial charge in [-0.2, -0.15) is 0 Å². The first-order chi connectivity index (χ1) is 24.9. The number of benzene rings is 1. The summed E-state index contributed by atoms with van der Waals surface area (Å²) in [5.41, 5.74) is -0.0624. The third-order valence-electron chi connectivity index (χ3n) is 11.7. The molecule has 4 fully saturated rings. The molecule has 3 aliphatic carbocycles. The van der Waals surface area contributed by atoms with E-state index >= 15 is 0 Å². The van der Waals surface area contributed by atoms with Crippen LogP contribution in [0.25, 0.3) is 6.08 Å². The SMILES string of the molecule is C=C[C@@H]1C[C@]1(NC(=O)[C@@H]1C[C@@H]2CN1C(=O)[C@H](C(C)(C)C)NC(=O)O[C@@]1(C)C[C@@H]1CC/C=C\c1cccc3c1CN(C3)C(=O)O2)C(=O)NS(=O)(=O)C1CC1. The van der Waals surface area contributed by atoms with Crippen molar-refractivity contribution in [3.05, 3.63) is 53.6 Å². The molecule has 3 N–H and O–H groups in total. The Morgan fingerprint density at radius 3 is 2.53 bits per heavy atom. The molecule has 1 aromatic carbocycles. The number of carbonyl (C=O) groups is 5. The van der Waals surface area contributed by atoms with E-state index in [4.69, 9.17) is 9.47 Å². The van der Waals surface area contributed by atoms with Gasteiger partial charge in [-0.05, 0) is 67.6 Å². The molecule has 14 nitrogen and oxygen atoms in total. The van der Waals surface area contributed by atoms with Crippen molar-refractivity contribution in [3.63, 3.8) is 0 Å². The Kier molecular flexibility index (Phi) is 9.18. The summed E-state index contributed by atoms with van der Waals surface area (Å²) in [5.74, 6) is -2.56. The molecule has 3 saturated carbocycles. The quantitative estimate of drug-likeness (QED) is 0.367. The van der Waals surface area contributed by atoms with Crippen molar-refractivity contribution in [1.29, 1.82) is 0 Å². The molecule has 53 heavy (non-hydrogen) atoms. The largest absolute Gasteiger partial charge is 0.444 e. The number of hydrogen-bond donors (Lipinski definition) is 3. The maximum atomic E-state index is 14.5. The van der Waals surface area contributed by atoms with Gasteiger partial charge in [0.15, 0.2) is 0 Å². The van der Waals surface area contributed by atoms with E-state index in [-0.39, 0.29) is 25.3 Å². The molecule has 4 bridgehead atoms. The Labute approximate surface area is 310 Å². The van der Waals surface area contributed by atoms with Gasteiger partial charge in [0, 0.05) is 24.8 Å². The van der Waals surface area contributed by atoms with E-state index in [1.807, 2.05) is 25.1 Å². The summed E-state index contributed by atoms with van der Waals surface area (Å²) >= 11 is 0. The molecule has 0 spiro atoms. The van der Waals surface area contributed by atoms with Crippen LogP contribution in [0.15, 0.2) is 36.9 Å². The number of amides is 5. The summed E-state index contributed by atoms with van der Waals surface area (Å²) in [6.07, 6.45) is 6.60. The molecule has 0 unspecified atom stereocenters. The molecule has 0 radical (unpaired) electrons. The lowest BCUT2D eigenvalue weighted by molar-refractivity contribution is -0.143. The van der Waals surface area contributed by atoms with Crippen LogP contribution >= 0.6 is 0 Å². The standard InChI is InChI=1S/C38H49N5O9S/c1-6-24-18-38(24,33(46)41-53(49,50)27-14-15-27)40-31(44)29-16-26-20-43(29)32(45)30(36(2,3)4)39-34(47)52-37(5)17-25(37)13-8-7-10-22-11-9-12-23-19-42(21-28(22)23)35(48)51-26/h6-7,9-12,24-27,29-30H,1,8,13-21H2,2-5H3,(H,39,47)(H,40,44)(H,41,46)/b10-7-/t24-,25+,26-,29+,30-,37+,38-/m1/s1. The molecule has 1 aromatic rings. The smallest absolute Gasteiger partial charge is 0.410 e. The first-order valence-corrected chi connectivity index (χ1v) is 20.0. The van der Waals surface area contributed by atoms with Gasteiger partial charge in [-0.3, -0.25) is 24.0 Å². The van der Waals surface area contributed by atoms with Gasteiger partial charge in [0.2, 0.25) is 21.8 Å². The maximum Gasteiger partial charge on any atom is 0.410 e. The lowest BCUT2D eigenvalue weighted by atomic mass is 9.85. The molecular formula is C38H49N5O9S. The van der Waals surface area contributed by atoms with E-state index in [2.05, 4.69) is 34.1 Å². The highest BCUT2D eigenvalue weighted by molar-refractivity contribution is 7.91. The highest BCUT2D eigenvalue weighted by Gasteiger charge is 2.62. The van der Waals surface area contributed by atoms with Crippen LogP contribution in [0.1, 0.15) is 89.3 Å². The lowest BCUT2D eigenvalue weighted by Crippen LogP contribution is -2.60. The number of ether oxygens (including phenoxy) is 2. The average Bonchev–Trinajstić information content (AvgIpc) is 4.04. The number of hydrogen-bond acceptors (Lipinski definition) is 9. The van der Waals surface area contributed by atoms with Crippen molar-refractivity contribution in [2.45, 2.75) is 120 Å². The van der Waals surface area contributed by atoms with Crippen LogP contribution in [0, 0.1) is 17.3 Å². The Hall–Kier alpha value is -4.40. The molecule has 5 amide bonds. The van der Waals surface area contributed by atoms with Crippen LogP contribution in [-0.4, -0.2) is 89.2 Å². The molecule has 3 aliphatic heterocycles. The van der Waals surface area contributed by atoms with Crippen molar-refractivity contribution in [3.8, 4) is 0 Å². The van der Waals surface area contributed by atoms with Crippen molar-refractivity contribution in [2.75, 3.05) is 6.54 Å². The minimum atomic E-state index is -3.91. The predicted molar refractivity (Wildman–Crippen MR) is 193 cm³/mol. The Morgan fingerprint density at radius 2 is 1.85 bits per heavy atom. The van der Waals surface area contributed by atoms with E-state index in [9.17, 15) is 32.4 Å². The van der Waals surface area contributed by atoms with Crippen LogP contribution in [0.2, 0.25) is 0 Å². The minimum absolute atomic E-state index is 0.0873. The van der Waals surface area contributed by atoms with E-state index in [0.717, 1.165) is 29.5 Å². The second-order valence-electron chi connectivity index (χ2n) is 16.8. The number of sulfonamides is 1. The zero-order valence-corrected chi connectivity index (χ0v) is 31.5. The van der Waals surface area contributed by atoms with Gasteiger partial charge in [-0.15, -0.1) is 6.58 Å². The number of carbonyl (C=O) groups excluding carboxylic acids is 5. The summed E-state index contributed by atoms with van der Waals surface area (Å²) in [5, 5.41) is 4.87. The van der Waals surface area contributed by atoms with E-state index in [0.29, 0.717) is 32.4 Å². The van der Waals surface area contributed by atoms with Crippen LogP contribution in [-0.2, 0) is 47.0 Å². The summed E-state index contributed by atoms with van der Waals surface area (Å²) < 4.78 is 39.4. The number of nitrogens with zero attached hydrogens (tertiary/aromatic N) is 2. The maximum absolute atomic E-state index is 14.5. The third kappa shape index (κ3) is 7.28. The summed E-state index contributed by atoms with van der Waals surface area (Å²) in [6, 6.07) is 3.58. The van der Waals surface area contributed by atoms with Gasteiger partial charge in [-0.1, -0.05) is 57.2 Å². The van der Waals surface area contributed by atoms with Gasteiger partial charge < -0.3 is 25.0 Å². The zero-order valence-electron chi connectivity index (χ0n) is 30.7. The first-order valence-electron chi connectivity index (χ1n) is 18.5. The molecule has 7 rings (SSSR count). The van der Waals surface area contributed by atoms with Gasteiger partial charge in [-0.25, -0.2) is 18.0 Å². The summed E-state index contributed by atoms with van der Waals surface area (Å²) in [7, 11) is -3.91. The highest BCUT2D eigenvalue weighted by atomic mass is 32.2. The molecule has 0 aromatic heterocycles. The summed E-state index contributed by atoms with van der Waals surface area (Å²) in [6.45, 7) is 11.5. The summed E-state index contributed by atoms with van der Waals surface area (Å²) in [4.78, 5) is 72.1. The Balaban J connectivity index is 1.17. The Morgan fingerprint density at radius 1 is 1.09 bits per heavy atom. The molecule has 3 heterocycles. The second kappa shape index (κ2) is 13.2. The molecule has 15 heteroatoms. The number of allylic oxidation sites excluding steroid dienone is 1. The predicted octanol–water partition coefficient (Wildman–Crippen LogP) is 3.50. The molecule has 286 valence electrons. The number of alkyl carbamates (subject to hydrolysis) is 1. The zero-order chi connectivity index (χ0) is 38.1. The fourth-order valence-electron chi connectivity index (χ4n) is 7.99. The van der Waals surface area contributed by atoms with Gasteiger partial charge >= 0.3 is 12.2 Å². The van der Waals surface area contributed by atoms with Crippen LogP contribution in [0.5, 0.6) is 0 Å². The highest BCUT2D eigenvalue weighted by Crippen LogP contribution is 2.50. The Bertz CT molecular complexity index is 1890. The fraction of sp³-hybridized carbons (Fsp3) is 0.605. The van der Waals surface area contributed by atoms with Crippen LogP contribution in [0.4, 0.5) is 9.59 Å². The van der Waals surface area contributed by atoms with Crippen molar-refractivity contribution < 1.29 is 41.9 Å². The molecule has 1 saturated heterocycles. The van der Waals surface area contributed by atoms with Crippen molar-refractivity contribution >= 4 is 46.0 Å². The number of nitrogens with one attached hydrogen (secondary N) is 3. The molecular weight excluding hydrogens is 703 g/mol.